The highest BCUT2D eigenvalue weighted by Gasteiger charge is 2.44. The Morgan fingerprint density at radius 3 is 2.47 bits per heavy atom. The highest BCUT2D eigenvalue weighted by Crippen LogP contribution is 2.40. The van der Waals surface area contributed by atoms with Crippen molar-refractivity contribution in [3.63, 3.8) is 0 Å². The van der Waals surface area contributed by atoms with E-state index in [0.717, 1.165) is 12.8 Å². The van der Waals surface area contributed by atoms with Gasteiger partial charge in [-0.2, -0.15) is 0 Å². The van der Waals surface area contributed by atoms with Gasteiger partial charge in [-0.25, -0.2) is 0 Å². The molecule has 2 aliphatic heterocycles. The third-order valence-electron chi connectivity index (χ3n) is 7.09. The lowest BCUT2D eigenvalue weighted by Gasteiger charge is -2.42. The molecule has 2 heterocycles. The molecule has 0 aromatic heterocycles. The zero-order chi connectivity index (χ0) is 22.7. The molecule has 0 spiro atoms. The molecule has 2 aromatic rings. The van der Waals surface area contributed by atoms with Crippen molar-refractivity contribution in [2.75, 3.05) is 26.3 Å². The maximum absolute atomic E-state index is 13.9. The van der Waals surface area contributed by atoms with Crippen molar-refractivity contribution in [2.24, 2.45) is 17.1 Å². The third kappa shape index (κ3) is 4.73. The first-order valence-electron chi connectivity index (χ1n) is 11.7. The number of aryl methyl sites for hydroxylation is 2. The van der Waals surface area contributed by atoms with Gasteiger partial charge in [-0.05, 0) is 62.6 Å². The number of carbonyl (C=O) groups excluding carboxylic acids is 2. The standard InChI is InChI=1S/C27H34N2O3/c1-19-14-20(2)16-23(15-19)24-8-4-3-6-21(24)17-27(9-12-32-13-10-27)26(31)29-11-5-7-22(18-29)25(28)30/h3-4,6,8,14-16,22H,5,7,9-13,17-18H2,1-2H3,(H2,28,30)/t22-/m1/s1. The van der Waals surface area contributed by atoms with Gasteiger partial charge in [0.2, 0.25) is 11.8 Å². The van der Waals surface area contributed by atoms with E-state index >= 15 is 0 Å². The number of amides is 2. The van der Waals surface area contributed by atoms with Crippen molar-refractivity contribution in [2.45, 2.75) is 46.0 Å². The van der Waals surface area contributed by atoms with E-state index in [1.54, 1.807) is 0 Å². The van der Waals surface area contributed by atoms with Crippen molar-refractivity contribution in [1.82, 2.24) is 4.90 Å². The van der Waals surface area contributed by atoms with Crippen molar-refractivity contribution in [1.29, 1.82) is 0 Å². The number of carbonyl (C=O) groups is 2. The summed E-state index contributed by atoms with van der Waals surface area (Å²) in [6, 6.07) is 15.0. The van der Waals surface area contributed by atoms with Crippen LogP contribution in [0, 0.1) is 25.2 Å². The van der Waals surface area contributed by atoms with Crippen molar-refractivity contribution >= 4 is 11.8 Å². The first kappa shape index (κ1) is 22.5. The van der Waals surface area contributed by atoms with E-state index in [2.05, 4.69) is 56.3 Å². The molecular weight excluding hydrogens is 400 g/mol. The van der Waals surface area contributed by atoms with E-state index in [0.29, 0.717) is 45.6 Å². The Kier molecular flexibility index (Phi) is 6.66. The highest BCUT2D eigenvalue weighted by atomic mass is 16.5. The number of primary amides is 1. The van der Waals surface area contributed by atoms with Gasteiger partial charge in [-0.3, -0.25) is 9.59 Å². The maximum atomic E-state index is 13.9. The van der Waals surface area contributed by atoms with Crippen molar-refractivity contribution in [3.8, 4) is 11.1 Å². The summed E-state index contributed by atoms with van der Waals surface area (Å²) in [5.41, 5.74) is 11.1. The zero-order valence-corrected chi connectivity index (χ0v) is 19.2. The molecule has 1 atom stereocenters. The number of nitrogens with two attached hydrogens (primary N) is 1. The van der Waals surface area contributed by atoms with E-state index in [9.17, 15) is 9.59 Å². The van der Waals surface area contributed by atoms with Gasteiger partial charge in [-0.15, -0.1) is 0 Å². The molecule has 2 saturated heterocycles. The van der Waals surface area contributed by atoms with E-state index in [-0.39, 0.29) is 17.7 Å². The average molecular weight is 435 g/mol. The first-order chi connectivity index (χ1) is 15.4. The summed E-state index contributed by atoms with van der Waals surface area (Å²) in [4.78, 5) is 27.6. The lowest BCUT2D eigenvalue weighted by atomic mass is 9.72. The number of ether oxygens (including phenoxy) is 1. The molecule has 32 heavy (non-hydrogen) atoms. The number of piperidine rings is 1. The van der Waals surface area contributed by atoms with Crippen LogP contribution in [0.3, 0.4) is 0 Å². The Morgan fingerprint density at radius 2 is 1.78 bits per heavy atom. The number of hydrogen-bond donors (Lipinski definition) is 1. The van der Waals surface area contributed by atoms with Gasteiger partial charge < -0.3 is 15.4 Å². The lowest BCUT2D eigenvalue weighted by molar-refractivity contribution is -0.150. The molecule has 4 rings (SSSR count). The second kappa shape index (κ2) is 9.45. The van der Waals surface area contributed by atoms with Gasteiger partial charge in [0.15, 0.2) is 0 Å². The molecular formula is C27H34N2O3. The molecule has 170 valence electrons. The monoisotopic (exact) mass is 434 g/mol. The minimum absolute atomic E-state index is 0.155. The summed E-state index contributed by atoms with van der Waals surface area (Å²) in [7, 11) is 0. The molecule has 0 unspecified atom stereocenters. The smallest absolute Gasteiger partial charge is 0.229 e. The number of benzene rings is 2. The molecule has 5 nitrogen and oxygen atoms in total. The largest absolute Gasteiger partial charge is 0.381 e. The van der Waals surface area contributed by atoms with E-state index in [1.807, 2.05) is 4.90 Å². The molecule has 2 aliphatic rings. The van der Waals surface area contributed by atoms with Crippen LogP contribution in [0.1, 0.15) is 42.4 Å². The minimum Gasteiger partial charge on any atom is -0.381 e. The van der Waals surface area contributed by atoms with Gasteiger partial charge in [0, 0.05) is 26.3 Å². The molecule has 2 aromatic carbocycles. The fourth-order valence-electron chi connectivity index (χ4n) is 5.41. The van der Waals surface area contributed by atoms with Crippen molar-refractivity contribution in [3.05, 3.63) is 59.2 Å². The predicted molar refractivity (Wildman–Crippen MR) is 126 cm³/mol. The summed E-state index contributed by atoms with van der Waals surface area (Å²) in [6.07, 6.45) is 3.67. The van der Waals surface area contributed by atoms with Crippen LogP contribution in [0.2, 0.25) is 0 Å². The quantitative estimate of drug-likeness (QED) is 0.772. The van der Waals surface area contributed by atoms with E-state index in [1.165, 1.54) is 27.8 Å². The molecule has 0 radical (unpaired) electrons. The van der Waals surface area contributed by atoms with E-state index in [4.69, 9.17) is 10.5 Å². The highest BCUT2D eigenvalue weighted by molar-refractivity contribution is 5.85. The van der Waals surface area contributed by atoms with Crippen LogP contribution >= 0.6 is 0 Å². The van der Waals surface area contributed by atoms with Crippen LogP contribution in [-0.4, -0.2) is 43.0 Å². The van der Waals surface area contributed by atoms with E-state index < -0.39 is 5.41 Å². The van der Waals surface area contributed by atoms with Crippen LogP contribution in [-0.2, 0) is 20.7 Å². The third-order valence-corrected chi connectivity index (χ3v) is 7.09. The fourth-order valence-corrected chi connectivity index (χ4v) is 5.41. The van der Waals surface area contributed by atoms with Crippen molar-refractivity contribution < 1.29 is 14.3 Å². The molecule has 2 fully saturated rings. The normalized spacial score (nSPS) is 20.7. The number of rotatable bonds is 5. The summed E-state index contributed by atoms with van der Waals surface area (Å²) in [6.45, 7) is 6.55. The zero-order valence-electron chi connectivity index (χ0n) is 19.2. The first-order valence-corrected chi connectivity index (χ1v) is 11.7. The van der Waals surface area contributed by atoms with Crippen LogP contribution in [0.25, 0.3) is 11.1 Å². The number of nitrogens with zero attached hydrogens (tertiary/aromatic N) is 1. The molecule has 0 saturated carbocycles. The summed E-state index contributed by atoms with van der Waals surface area (Å²) >= 11 is 0. The molecule has 5 heteroatoms. The SMILES string of the molecule is Cc1cc(C)cc(-c2ccccc2CC2(C(=O)N3CCC[C@@H](C(N)=O)C3)CCOCC2)c1. The fraction of sp³-hybridized carbons (Fsp3) is 0.481. The summed E-state index contributed by atoms with van der Waals surface area (Å²) < 4.78 is 5.66. The Balaban J connectivity index is 1.67. The second-order valence-electron chi connectivity index (χ2n) is 9.60. The topological polar surface area (TPSA) is 72.6 Å². The van der Waals surface area contributed by atoms with Gasteiger partial charge in [0.1, 0.15) is 0 Å². The Hall–Kier alpha value is -2.66. The Bertz CT molecular complexity index is 974. The minimum atomic E-state index is -0.507. The Labute approximate surface area is 190 Å². The predicted octanol–water partition coefficient (Wildman–Crippen LogP) is 4.03. The van der Waals surface area contributed by atoms with Crippen LogP contribution in [0.4, 0.5) is 0 Å². The van der Waals surface area contributed by atoms with Gasteiger partial charge in [0.05, 0.1) is 11.3 Å². The second-order valence-corrected chi connectivity index (χ2v) is 9.60. The molecule has 0 bridgehead atoms. The number of likely N-dealkylation sites (tertiary alicyclic amines) is 1. The number of hydrogen-bond acceptors (Lipinski definition) is 3. The summed E-state index contributed by atoms with van der Waals surface area (Å²) in [5, 5.41) is 0. The Morgan fingerprint density at radius 1 is 1.09 bits per heavy atom. The van der Waals surface area contributed by atoms with Gasteiger partial charge in [0.25, 0.3) is 0 Å². The molecule has 2 amide bonds. The average Bonchev–Trinajstić information content (AvgIpc) is 2.79. The molecule has 0 aliphatic carbocycles. The van der Waals surface area contributed by atoms with Crippen LogP contribution in [0.15, 0.2) is 42.5 Å². The lowest BCUT2D eigenvalue weighted by Crippen LogP contribution is -2.52. The maximum Gasteiger partial charge on any atom is 0.229 e. The van der Waals surface area contributed by atoms with Gasteiger partial charge in [-0.1, -0.05) is 53.6 Å². The molecule has 2 N–H and O–H groups in total. The van der Waals surface area contributed by atoms with Crippen LogP contribution in [0.5, 0.6) is 0 Å². The van der Waals surface area contributed by atoms with Gasteiger partial charge >= 0.3 is 0 Å². The summed E-state index contributed by atoms with van der Waals surface area (Å²) in [5.74, 6) is -0.391. The van der Waals surface area contributed by atoms with Crippen LogP contribution < -0.4 is 5.73 Å².